The molecule has 6 heteroatoms. The van der Waals surface area contributed by atoms with E-state index in [0.717, 1.165) is 24.2 Å². The van der Waals surface area contributed by atoms with Crippen LogP contribution in [0.1, 0.15) is 57.7 Å². The summed E-state index contributed by atoms with van der Waals surface area (Å²) in [5.74, 6) is 0.811. The van der Waals surface area contributed by atoms with Crippen LogP contribution in [0.4, 0.5) is 4.79 Å². The molecule has 2 amide bonds. The number of benzene rings is 1. The third kappa shape index (κ3) is 4.04. The van der Waals surface area contributed by atoms with Crippen molar-refractivity contribution in [2.24, 2.45) is 0 Å². The van der Waals surface area contributed by atoms with Gasteiger partial charge in [-0.05, 0) is 70.2 Å². The molecule has 2 aliphatic heterocycles. The number of carbonyl (C=O) groups excluding carboxylic acids is 2. The van der Waals surface area contributed by atoms with E-state index in [9.17, 15) is 9.59 Å². The zero-order valence-electron chi connectivity index (χ0n) is 16.9. The average molecular weight is 374 g/mol. The van der Waals surface area contributed by atoms with Gasteiger partial charge in [0.1, 0.15) is 17.4 Å². The Morgan fingerprint density at radius 3 is 2.56 bits per heavy atom. The minimum absolute atomic E-state index is 0.0133. The topological polar surface area (TPSA) is 59.1 Å². The molecule has 1 saturated heterocycles. The third-order valence-electron chi connectivity index (χ3n) is 5.34. The number of rotatable bonds is 2. The Labute approximate surface area is 161 Å². The standard InChI is InChI=1S/C21H30N2O4/c1-14-17-13-16(26-5)9-8-15(17)10-12-22(14)19(24)18-7-6-11-23(18)20(25)27-21(2,3)4/h8-9,13-14,18H,6-7,10-12H2,1-5H3. The summed E-state index contributed by atoms with van der Waals surface area (Å²) in [6.45, 7) is 8.80. The summed E-state index contributed by atoms with van der Waals surface area (Å²) in [6.07, 6.45) is 1.92. The monoisotopic (exact) mass is 374 g/mol. The molecule has 1 fully saturated rings. The summed E-state index contributed by atoms with van der Waals surface area (Å²) in [7, 11) is 1.65. The Balaban J connectivity index is 1.77. The van der Waals surface area contributed by atoms with Gasteiger partial charge in [0.25, 0.3) is 0 Å². The first kappa shape index (κ1) is 19.5. The van der Waals surface area contributed by atoms with Crippen molar-refractivity contribution in [3.05, 3.63) is 29.3 Å². The number of ether oxygens (including phenoxy) is 2. The largest absolute Gasteiger partial charge is 0.497 e. The van der Waals surface area contributed by atoms with Gasteiger partial charge in [-0.15, -0.1) is 0 Å². The Hall–Kier alpha value is -2.24. The van der Waals surface area contributed by atoms with Crippen molar-refractivity contribution in [1.82, 2.24) is 9.80 Å². The lowest BCUT2D eigenvalue weighted by molar-refractivity contribution is -0.138. The second-order valence-corrected chi connectivity index (χ2v) is 8.35. The lowest BCUT2D eigenvalue weighted by Gasteiger charge is -2.38. The molecule has 1 aromatic carbocycles. The first-order chi connectivity index (χ1) is 12.7. The number of fused-ring (bicyclic) bond motifs is 1. The predicted molar refractivity (Wildman–Crippen MR) is 103 cm³/mol. The fourth-order valence-corrected chi connectivity index (χ4v) is 3.97. The maximum atomic E-state index is 13.3. The Morgan fingerprint density at radius 2 is 1.89 bits per heavy atom. The van der Waals surface area contributed by atoms with Crippen LogP contribution in [0.5, 0.6) is 5.75 Å². The summed E-state index contributed by atoms with van der Waals surface area (Å²) in [4.78, 5) is 29.3. The van der Waals surface area contributed by atoms with Crippen LogP contribution in [-0.4, -0.2) is 53.6 Å². The highest BCUT2D eigenvalue weighted by Gasteiger charge is 2.40. The fraction of sp³-hybridized carbons (Fsp3) is 0.619. The first-order valence-corrected chi connectivity index (χ1v) is 9.68. The summed E-state index contributed by atoms with van der Waals surface area (Å²) in [5.41, 5.74) is 1.81. The highest BCUT2D eigenvalue weighted by molar-refractivity contribution is 5.87. The number of nitrogens with zero attached hydrogens (tertiary/aromatic N) is 2. The molecule has 0 aliphatic carbocycles. The molecule has 0 bridgehead atoms. The van der Waals surface area contributed by atoms with Crippen molar-refractivity contribution in [1.29, 1.82) is 0 Å². The van der Waals surface area contributed by atoms with Crippen molar-refractivity contribution in [3.63, 3.8) is 0 Å². The number of amides is 2. The third-order valence-corrected chi connectivity index (χ3v) is 5.34. The van der Waals surface area contributed by atoms with Gasteiger partial charge in [-0.2, -0.15) is 0 Å². The predicted octanol–water partition coefficient (Wildman–Crippen LogP) is 3.54. The van der Waals surface area contributed by atoms with Crippen LogP contribution in [0.25, 0.3) is 0 Å². The molecule has 0 spiro atoms. The first-order valence-electron chi connectivity index (χ1n) is 9.68. The molecule has 148 valence electrons. The molecular formula is C21H30N2O4. The van der Waals surface area contributed by atoms with E-state index in [-0.39, 0.29) is 11.9 Å². The van der Waals surface area contributed by atoms with Crippen LogP contribution < -0.4 is 4.74 Å². The molecule has 2 unspecified atom stereocenters. The lowest BCUT2D eigenvalue weighted by atomic mass is 9.92. The molecule has 2 atom stereocenters. The van der Waals surface area contributed by atoms with E-state index in [1.165, 1.54) is 5.56 Å². The van der Waals surface area contributed by atoms with Crippen molar-refractivity contribution in [3.8, 4) is 5.75 Å². The number of hydrogen-bond donors (Lipinski definition) is 0. The Morgan fingerprint density at radius 1 is 1.15 bits per heavy atom. The van der Waals surface area contributed by atoms with Gasteiger partial charge in [-0.25, -0.2) is 4.79 Å². The zero-order valence-corrected chi connectivity index (χ0v) is 16.9. The van der Waals surface area contributed by atoms with Crippen molar-refractivity contribution >= 4 is 12.0 Å². The molecular weight excluding hydrogens is 344 g/mol. The van der Waals surface area contributed by atoms with Gasteiger partial charge in [0.15, 0.2) is 0 Å². The molecule has 0 N–H and O–H groups in total. The Kier molecular flexibility index (Phi) is 5.36. The minimum Gasteiger partial charge on any atom is -0.497 e. The van der Waals surface area contributed by atoms with Crippen LogP contribution in [0.3, 0.4) is 0 Å². The van der Waals surface area contributed by atoms with Crippen molar-refractivity contribution in [2.75, 3.05) is 20.2 Å². The van der Waals surface area contributed by atoms with Crippen LogP contribution >= 0.6 is 0 Å². The van der Waals surface area contributed by atoms with Crippen LogP contribution in [0, 0.1) is 0 Å². The smallest absolute Gasteiger partial charge is 0.410 e. The average Bonchev–Trinajstić information content (AvgIpc) is 3.10. The summed E-state index contributed by atoms with van der Waals surface area (Å²) >= 11 is 0. The molecule has 1 aromatic rings. The highest BCUT2D eigenvalue weighted by atomic mass is 16.6. The maximum absolute atomic E-state index is 13.3. The van der Waals surface area contributed by atoms with Gasteiger partial charge in [-0.3, -0.25) is 9.69 Å². The number of methoxy groups -OCH3 is 1. The van der Waals surface area contributed by atoms with E-state index in [2.05, 4.69) is 6.07 Å². The second-order valence-electron chi connectivity index (χ2n) is 8.35. The fourth-order valence-electron chi connectivity index (χ4n) is 3.97. The van der Waals surface area contributed by atoms with E-state index in [1.807, 2.05) is 44.7 Å². The second kappa shape index (κ2) is 7.41. The molecule has 0 saturated carbocycles. The molecule has 3 rings (SSSR count). The van der Waals surface area contributed by atoms with Gasteiger partial charge in [0, 0.05) is 13.1 Å². The summed E-state index contributed by atoms with van der Waals surface area (Å²) < 4.78 is 10.8. The van der Waals surface area contributed by atoms with Gasteiger partial charge >= 0.3 is 6.09 Å². The maximum Gasteiger partial charge on any atom is 0.410 e. The lowest BCUT2D eigenvalue weighted by Crippen LogP contribution is -2.51. The quantitative estimate of drug-likeness (QED) is 0.794. The molecule has 2 heterocycles. The van der Waals surface area contributed by atoms with E-state index in [4.69, 9.17) is 9.47 Å². The molecule has 0 radical (unpaired) electrons. The zero-order chi connectivity index (χ0) is 19.8. The van der Waals surface area contributed by atoms with Crippen molar-refractivity contribution < 1.29 is 19.1 Å². The highest BCUT2D eigenvalue weighted by Crippen LogP contribution is 2.34. The normalized spacial score (nSPS) is 22.4. The minimum atomic E-state index is -0.568. The Bertz CT molecular complexity index is 725. The van der Waals surface area contributed by atoms with Crippen molar-refractivity contribution in [2.45, 2.75) is 64.6 Å². The van der Waals surface area contributed by atoms with E-state index >= 15 is 0 Å². The number of likely N-dealkylation sites (tertiary alicyclic amines) is 1. The number of carbonyl (C=O) groups is 2. The van der Waals surface area contributed by atoms with Crippen LogP contribution in [0.2, 0.25) is 0 Å². The molecule has 27 heavy (non-hydrogen) atoms. The molecule has 0 aromatic heterocycles. The van der Waals surface area contributed by atoms with Gasteiger partial charge in [-0.1, -0.05) is 6.07 Å². The van der Waals surface area contributed by atoms with E-state index in [1.54, 1.807) is 12.0 Å². The van der Waals surface area contributed by atoms with E-state index < -0.39 is 17.7 Å². The summed E-state index contributed by atoms with van der Waals surface area (Å²) in [6, 6.07) is 5.57. The van der Waals surface area contributed by atoms with E-state index in [0.29, 0.717) is 19.5 Å². The van der Waals surface area contributed by atoms with Gasteiger partial charge < -0.3 is 14.4 Å². The van der Waals surface area contributed by atoms with Crippen LogP contribution in [-0.2, 0) is 16.0 Å². The SMILES string of the molecule is COc1ccc2c(c1)C(C)N(C(=O)C1CCCN1C(=O)OC(C)(C)C)CC2. The molecule has 2 aliphatic rings. The molecule has 6 nitrogen and oxygen atoms in total. The van der Waals surface area contributed by atoms with Gasteiger partial charge in [0.2, 0.25) is 5.91 Å². The van der Waals surface area contributed by atoms with Crippen LogP contribution in [0.15, 0.2) is 18.2 Å². The number of hydrogen-bond acceptors (Lipinski definition) is 4. The summed E-state index contributed by atoms with van der Waals surface area (Å²) in [5, 5.41) is 0. The van der Waals surface area contributed by atoms with Gasteiger partial charge in [0.05, 0.1) is 13.2 Å².